The summed E-state index contributed by atoms with van der Waals surface area (Å²) < 4.78 is 7.14. The third-order valence-corrected chi connectivity index (χ3v) is 7.97. The fourth-order valence-electron chi connectivity index (χ4n) is 4.47. The van der Waals surface area contributed by atoms with E-state index in [4.69, 9.17) is 4.74 Å². The highest BCUT2D eigenvalue weighted by Gasteiger charge is 2.28. The van der Waals surface area contributed by atoms with Crippen LogP contribution in [0, 0.1) is 6.92 Å². The van der Waals surface area contributed by atoms with Gasteiger partial charge in [-0.3, -0.25) is 4.79 Å². The number of fused-ring (bicyclic) bond motifs is 2. The van der Waals surface area contributed by atoms with E-state index in [0.717, 1.165) is 52.8 Å². The van der Waals surface area contributed by atoms with Crippen molar-refractivity contribution in [2.45, 2.75) is 59.1 Å². The summed E-state index contributed by atoms with van der Waals surface area (Å²) in [6.45, 7) is 5.60. The molecule has 0 aromatic carbocycles. The standard InChI is InChI=1S/C25H26N4O3S2/c1-14(2)32-25(31)22-16-7-4-5-8-19(16)34-24(22)27-20(30)13-29-23-21(15(3)28-29)17(10-11-26-23)18-9-6-12-33-18/h6,9-12,14H,4-5,7-8,13H2,1-3H3,(H,27,30). The molecule has 0 saturated heterocycles. The summed E-state index contributed by atoms with van der Waals surface area (Å²) in [4.78, 5) is 32.8. The van der Waals surface area contributed by atoms with E-state index in [1.807, 2.05) is 38.3 Å². The Morgan fingerprint density at radius 2 is 2.06 bits per heavy atom. The fraction of sp³-hybridized carbons (Fsp3) is 0.360. The highest BCUT2D eigenvalue weighted by Crippen LogP contribution is 2.39. The Bertz CT molecular complexity index is 1370. The Kier molecular flexibility index (Phi) is 6.22. The molecule has 0 spiro atoms. The molecule has 5 rings (SSSR count). The molecule has 1 N–H and O–H groups in total. The van der Waals surface area contributed by atoms with E-state index in [9.17, 15) is 9.59 Å². The van der Waals surface area contributed by atoms with Crippen molar-refractivity contribution >= 4 is 50.6 Å². The molecule has 0 aliphatic heterocycles. The average molecular weight is 495 g/mol. The molecule has 34 heavy (non-hydrogen) atoms. The lowest BCUT2D eigenvalue weighted by Crippen LogP contribution is -2.21. The van der Waals surface area contributed by atoms with Gasteiger partial charge in [-0.15, -0.1) is 22.7 Å². The molecule has 0 bridgehead atoms. The van der Waals surface area contributed by atoms with Crippen LogP contribution in [0.25, 0.3) is 21.5 Å². The molecule has 1 aliphatic carbocycles. The number of hydrogen-bond acceptors (Lipinski definition) is 7. The van der Waals surface area contributed by atoms with Gasteiger partial charge in [-0.25, -0.2) is 14.5 Å². The van der Waals surface area contributed by atoms with Crippen molar-refractivity contribution in [1.82, 2.24) is 14.8 Å². The normalized spacial score (nSPS) is 13.3. The Hall–Kier alpha value is -3.04. The smallest absolute Gasteiger partial charge is 0.341 e. The van der Waals surface area contributed by atoms with Crippen LogP contribution in [-0.2, 0) is 28.9 Å². The van der Waals surface area contributed by atoms with Gasteiger partial charge in [0.2, 0.25) is 5.91 Å². The molecule has 1 amide bonds. The number of thiophene rings is 2. The minimum Gasteiger partial charge on any atom is -0.459 e. The SMILES string of the molecule is Cc1nn(CC(=O)Nc2sc3c(c2C(=O)OC(C)C)CCCC3)c2nccc(-c3cccs3)c12. The Morgan fingerprint density at radius 1 is 1.24 bits per heavy atom. The summed E-state index contributed by atoms with van der Waals surface area (Å²) in [7, 11) is 0. The van der Waals surface area contributed by atoms with Crippen molar-refractivity contribution in [3.05, 3.63) is 51.5 Å². The van der Waals surface area contributed by atoms with Gasteiger partial charge in [0.15, 0.2) is 5.65 Å². The largest absolute Gasteiger partial charge is 0.459 e. The quantitative estimate of drug-likeness (QED) is 0.352. The predicted molar refractivity (Wildman–Crippen MR) is 136 cm³/mol. The minimum absolute atomic E-state index is 0.00642. The second-order valence-corrected chi connectivity index (χ2v) is 10.7. The molecule has 176 valence electrons. The van der Waals surface area contributed by atoms with Crippen LogP contribution in [0.15, 0.2) is 29.8 Å². The number of rotatable bonds is 6. The van der Waals surface area contributed by atoms with Crippen LogP contribution < -0.4 is 5.32 Å². The summed E-state index contributed by atoms with van der Waals surface area (Å²) >= 11 is 3.15. The number of aryl methyl sites for hydroxylation is 2. The lowest BCUT2D eigenvalue weighted by Gasteiger charge is -2.14. The zero-order valence-corrected chi connectivity index (χ0v) is 21.0. The predicted octanol–water partition coefficient (Wildman–Crippen LogP) is 5.61. The number of hydrogen-bond donors (Lipinski definition) is 1. The first-order valence-corrected chi connectivity index (χ1v) is 13.1. The summed E-state index contributed by atoms with van der Waals surface area (Å²) in [5, 5.41) is 11.2. The minimum atomic E-state index is -0.368. The summed E-state index contributed by atoms with van der Waals surface area (Å²) in [5.41, 5.74) is 4.10. The topological polar surface area (TPSA) is 86.1 Å². The molecule has 4 aromatic heterocycles. The maximum Gasteiger partial charge on any atom is 0.341 e. The van der Waals surface area contributed by atoms with Crippen molar-refractivity contribution in [1.29, 1.82) is 0 Å². The molecule has 9 heteroatoms. The first kappa shape index (κ1) is 22.7. The second-order valence-electron chi connectivity index (χ2n) is 8.69. The maximum atomic E-state index is 13.1. The van der Waals surface area contributed by atoms with Crippen LogP contribution in [0.5, 0.6) is 0 Å². The first-order valence-electron chi connectivity index (χ1n) is 11.4. The molecule has 0 fully saturated rings. The van der Waals surface area contributed by atoms with Crippen molar-refractivity contribution in [3.63, 3.8) is 0 Å². The van der Waals surface area contributed by atoms with Crippen molar-refractivity contribution in [2.24, 2.45) is 0 Å². The van der Waals surface area contributed by atoms with E-state index in [1.54, 1.807) is 22.2 Å². The molecule has 0 unspecified atom stereocenters. The van der Waals surface area contributed by atoms with Gasteiger partial charge in [0.05, 0.1) is 22.7 Å². The molecule has 4 aromatic rings. The molecule has 0 saturated carbocycles. The van der Waals surface area contributed by atoms with Gasteiger partial charge >= 0.3 is 5.97 Å². The summed E-state index contributed by atoms with van der Waals surface area (Å²) in [6.07, 6.45) is 5.42. The molecule has 7 nitrogen and oxygen atoms in total. The number of carbonyl (C=O) groups is 2. The summed E-state index contributed by atoms with van der Waals surface area (Å²) in [5.74, 6) is -0.614. The monoisotopic (exact) mass is 494 g/mol. The van der Waals surface area contributed by atoms with Crippen LogP contribution in [-0.4, -0.2) is 32.7 Å². The van der Waals surface area contributed by atoms with Gasteiger partial charge in [0, 0.05) is 21.5 Å². The van der Waals surface area contributed by atoms with Gasteiger partial charge in [-0.2, -0.15) is 5.10 Å². The van der Waals surface area contributed by atoms with Crippen molar-refractivity contribution in [2.75, 3.05) is 5.32 Å². The van der Waals surface area contributed by atoms with Crippen LogP contribution in [0.1, 0.15) is 53.2 Å². The van der Waals surface area contributed by atoms with Gasteiger partial charge in [0.25, 0.3) is 0 Å². The van der Waals surface area contributed by atoms with Crippen LogP contribution in [0.3, 0.4) is 0 Å². The molecule has 1 aliphatic rings. The van der Waals surface area contributed by atoms with E-state index in [2.05, 4.69) is 21.5 Å². The highest BCUT2D eigenvalue weighted by atomic mass is 32.1. The average Bonchev–Trinajstić information content (AvgIpc) is 3.51. The number of aromatic nitrogens is 3. The number of amides is 1. The molecular formula is C25H26N4O3S2. The molecular weight excluding hydrogens is 468 g/mol. The molecule has 0 atom stereocenters. The molecule has 4 heterocycles. The number of ether oxygens (including phenoxy) is 1. The zero-order valence-electron chi connectivity index (χ0n) is 19.4. The summed E-state index contributed by atoms with van der Waals surface area (Å²) in [6, 6.07) is 6.07. The Balaban J connectivity index is 1.44. The Labute approximate surface area is 205 Å². The number of carbonyl (C=O) groups excluding carboxylic acids is 2. The van der Waals surface area contributed by atoms with Gasteiger partial charge in [-0.05, 0) is 69.5 Å². The number of anilines is 1. The van der Waals surface area contributed by atoms with E-state index in [0.29, 0.717) is 16.2 Å². The van der Waals surface area contributed by atoms with Crippen molar-refractivity contribution in [3.8, 4) is 10.4 Å². The lowest BCUT2D eigenvalue weighted by molar-refractivity contribution is -0.116. The molecule has 0 radical (unpaired) electrons. The zero-order chi connectivity index (χ0) is 23.8. The van der Waals surface area contributed by atoms with Crippen molar-refractivity contribution < 1.29 is 14.3 Å². The third kappa shape index (κ3) is 4.25. The van der Waals surface area contributed by atoms with Crippen LogP contribution >= 0.6 is 22.7 Å². The first-order chi connectivity index (χ1) is 16.4. The number of esters is 1. The van der Waals surface area contributed by atoms with E-state index < -0.39 is 0 Å². The third-order valence-electron chi connectivity index (χ3n) is 5.86. The maximum absolute atomic E-state index is 13.1. The van der Waals surface area contributed by atoms with E-state index in [1.165, 1.54) is 16.2 Å². The number of nitrogens with one attached hydrogen (secondary N) is 1. The van der Waals surface area contributed by atoms with Crippen LogP contribution in [0.4, 0.5) is 5.00 Å². The number of pyridine rings is 1. The van der Waals surface area contributed by atoms with Gasteiger partial charge < -0.3 is 10.1 Å². The van der Waals surface area contributed by atoms with Crippen LogP contribution in [0.2, 0.25) is 0 Å². The van der Waals surface area contributed by atoms with E-state index >= 15 is 0 Å². The number of nitrogens with zero attached hydrogens (tertiary/aromatic N) is 3. The Morgan fingerprint density at radius 3 is 2.82 bits per heavy atom. The van der Waals surface area contributed by atoms with Gasteiger partial charge in [-0.1, -0.05) is 6.07 Å². The fourth-order valence-corrected chi connectivity index (χ4v) is 6.53. The lowest BCUT2D eigenvalue weighted by atomic mass is 9.95. The van der Waals surface area contributed by atoms with E-state index in [-0.39, 0.29) is 24.5 Å². The van der Waals surface area contributed by atoms with Gasteiger partial charge in [0.1, 0.15) is 11.5 Å². The highest BCUT2D eigenvalue weighted by molar-refractivity contribution is 7.17. The second kappa shape index (κ2) is 9.31.